The molecule has 0 bridgehead atoms. The maximum atomic E-state index is 13.2. The van der Waals surface area contributed by atoms with Gasteiger partial charge in [0.25, 0.3) is 17.7 Å². The van der Waals surface area contributed by atoms with E-state index >= 15 is 0 Å². The number of carbonyl (C=O) groups excluding carboxylic acids is 1. The predicted molar refractivity (Wildman–Crippen MR) is 120 cm³/mol. The highest BCUT2D eigenvalue weighted by molar-refractivity contribution is 5.90. The lowest BCUT2D eigenvalue weighted by molar-refractivity contribution is -0.384. The van der Waals surface area contributed by atoms with Crippen LogP contribution in [0.3, 0.4) is 0 Å². The molecule has 168 valence electrons. The highest BCUT2D eigenvalue weighted by atomic mass is 16.6. The minimum absolute atomic E-state index is 0.0937. The molecule has 0 N–H and O–H groups in total. The minimum Gasteiger partial charge on any atom is -0.457 e. The molecule has 2 aromatic rings. The van der Waals surface area contributed by atoms with Crippen LogP contribution in [0.15, 0.2) is 34.8 Å². The molecule has 0 aliphatic heterocycles. The molecular weight excluding hydrogens is 400 g/mol. The van der Waals surface area contributed by atoms with Crippen molar-refractivity contribution in [2.24, 2.45) is 0 Å². The van der Waals surface area contributed by atoms with Gasteiger partial charge >= 0.3 is 0 Å². The normalized spacial score (nSPS) is 11.5. The predicted octanol–water partition coefficient (Wildman–Crippen LogP) is 5.50. The summed E-state index contributed by atoms with van der Waals surface area (Å²) in [6, 6.07) is 4.24. The van der Waals surface area contributed by atoms with Crippen LogP contribution in [0, 0.1) is 10.1 Å². The van der Waals surface area contributed by atoms with Crippen LogP contribution in [0.25, 0.3) is 10.9 Å². The van der Waals surface area contributed by atoms with Crippen LogP contribution >= 0.6 is 0 Å². The highest BCUT2D eigenvalue weighted by Crippen LogP contribution is 2.36. The number of ether oxygens (including phenoxy) is 2. The Morgan fingerprint density at radius 1 is 1.13 bits per heavy atom. The van der Waals surface area contributed by atoms with E-state index < -0.39 is 10.5 Å². The van der Waals surface area contributed by atoms with Gasteiger partial charge in [0.2, 0.25) is 5.75 Å². The number of nitrogens with zero attached hydrogens (tertiary/aromatic N) is 2. The zero-order valence-corrected chi connectivity index (χ0v) is 18.4. The number of unbranched alkanes of at least 4 members (excludes halogenated alkanes) is 5. The Balaban J connectivity index is 2.60. The smallest absolute Gasteiger partial charge is 0.298 e. The molecule has 0 unspecified atom stereocenters. The Morgan fingerprint density at radius 3 is 2.45 bits per heavy atom. The molecule has 0 radical (unpaired) electrons. The lowest BCUT2D eigenvalue weighted by atomic mass is 10.1. The van der Waals surface area contributed by atoms with Crippen molar-refractivity contribution >= 4 is 23.1 Å². The van der Waals surface area contributed by atoms with Gasteiger partial charge < -0.3 is 14.0 Å². The third-order valence-electron chi connectivity index (χ3n) is 5.18. The third kappa shape index (κ3) is 5.93. The van der Waals surface area contributed by atoms with Gasteiger partial charge in [-0.15, -0.1) is 0 Å². The third-order valence-corrected chi connectivity index (χ3v) is 5.18. The molecule has 2 rings (SSSR count). The molecule has 0 aliphatic rings. The lowest BCUT2D eigenvalue weighted by Crippen LogP contribution is -2.23. The summed E-state index contributed by atoms with van der Waals surface area (Å²) < 4.78 is 12.4. The van der Waals surface area contributed by atoms with Gasteiger partial charge in [0, 0.05) is 30.5 Å². The SMILES string of the molecule is CC=C(CC)Oc1c(OC=O)c(=O)n(CCCCCCCC)c2cc([N+](=O)[O-])ccc12. The standard InChI is InChI=1S/C23H30N2O6/c1-4-7-8-9-10-11-14-24-20-15-17(25(28)29)12-13-19(20)21(31-18(5-2)6-3)22(23(24)27)30-16-26/h5,12-13,15-16H,4,6-11,14H2,1-3H3. The van der Waals surface area contributed by atoms with Crippen molar-refractivity contribution in [3.8, 4) is 11.5 Å². The highest BCUT2D eigenvalue weighted by Gasteiger charge is 2.22. The number of nitro benzene ring substituents is 1. The summed E-state index contributed by atoms with van der Waals surface area (Å²) in [5, 5.41) is 11.8. The first-order valence-corrected chi connectivity index (χ1v) is 10.8. The van der Waals surface area contributed by atoms with Crippen LogP contribution in [-0.4, -0.2) is 16.0 Å². The van der Waals surface area contributed by atoms with E-state index in [2.05, 4.69) is 6.92 Å². The lowest BCUT2D eigenvalue weighted by Gasteiger charge is -2.17. The molecule has 0 saturated heterocycles. The van der Waals surface area contributed by atoms with Gasteiger partial charge in [0.1, 0.15) is 0 Å². The second-order valence-corrected chi connectivity index (χ2v) is 7.27. The number of benzene rings is 1. The Kier molecular flexibility index (Phi) is 9.24. The van der Waals surface area contributed by atoms with Crippen molar-refractivity contribution in [1.82, 2.24) is 4.57 Å². The largest absolute Gasteiger partial charge is 0.457 e. The van der Waals surface area contributed by atoms with Crippen LogP contribution in [0.5, 0.6) is 11.5 Å². The van der Waals surface area contributed by atoms with E-state index in [1.807, 2.05) is 6.92 Å². The van der Waals surface area contributed by atoms with Gasteiger partial charge in [0.15, 0.2) is 5.75 Å². The van der Waals surface area contributed by atoms with Crippen molar-refractivity contribution in [3.05, 3.63) is 50.5 Å². The zero-order valence-electron chi connectivity index (χ0n) is 18.4. The number of non-ortho nitro benzene ring substituents is 1. The average molecular weight is 431 g/mol. The van der Waals surface area contributed by atoms with Gasteiger partial charge in [-0.3, -0.25) is 19.7 Å². The van der Waals surface area contributed by atoms with Crippen molar-refractivity contribution in [1.29, 1.82) is 0 Å². The molecule has 1 aromatic carbocycles. The molecule has 0 atom stereocenters. The fourth-order valence-electron chi connectivity index (χ4n) is 3.49. The number of hydrogen-bond acceptors (Lipinski definition) is 6. The van der Waals surface area contributed by atoms with Gasteiger partial charge in [-0.2, -0.15) is 0 Å². The summed E-state index contributed by atoms with van der Waals surface area (Å²) in [5.74, 6) is 0.467. The van der Waals surface area contributed by atoms with E-state index in [4.69, 9.17) is 9.47 Å². The monoisotopic (exact) mass is 430 g/mol. The molecule has 0 aliphatic carbocycles. The molecule has 0 saturated carbocycles. The van der Waals surface area contributed by atoms with Gasteiger partial charge in [-0.05, 0) is 25.5 Å². The quantitative estimate of drug-likeness (QED) is 0.137. The summed E-state index contributed by atoms with van der Waals surface area (Å²) in [4.78, 5) is 35.2. The maximum Gasteiger partial charge on any atom is 0.298 e. The summed E-state index contributed by atoms with van der Waals surface area (Å²) in [6.07, 6.45) is 8.49. The van der Waals surface area contributed by atoms with E-state index in [1.165, 1.54) is 29.2 Å². The molecule has 31 heavy (non-hydrogen) atoms. The summed E-state index contributed by atoms with van der Waals surface area (Å²) in [7, 11) is 0. The van der Waals surface area contributed by atoms with Gasteiger partial charge in [-0.1, -0.05) is 46.0 Å². The molecule has 0 fully saturated rings. The fraction of sp³-hybridized carbons (Fsp3) is 0.478. The molecule has 1 aromatic heterocycles. The number of aryl methyl sites for hydroxylation is 1. The Labute approximate surface area is 181 Å². The van der Waals surface area contributed by atoms with E-state index in [-0.39, 0.29) is 23.7 Å². The number of hydrogen-bond donors (Lipinski definition) is 0. The van der Waals surface area contributed by atoms with Crippen LogP contribution < -0.4 is 15.0 Å². The minimum atomic E-state index is -0.546. The van der Waals surface area contributed by atoms with Crippen LogP contribution in [0.4, 0.5) is 5.69 Å². The number of allylic oxidation sites excluding steroid dienone is 2. The number of carbonyl (C=O) groups is 1. The maximum absolute atomic E-state index is 13.2. The first kappa shape index (κ1) is 24.1. The topological polar surface area (TPSA) is 101 Å². The Bertz CT molecular complexity index is 1010. The molecule has 1 heterocycles. The first-order valence-electron chi connectivity index (χ1n) is 10.8. The van der Waals surface area contributed by atoms with Crippen LogP contribution in [0.1, 0.15) is 65.7 Å². The number of fused-ring (bicyclic) bond motifs is 1. The van der Waals surface area contributed by atoms with E-state index in [1.54, 1.807) is 13.0 Å². The number of pyridine rings is 1. The van der Waals surface area contributed by atoms with Crippen molar-refractivity contribution in [2.45, 2.75) is 72.3 Å². The van der Waals surface area contributed by atoms with Gasteiger partial charge in [0.05, 0.1) is 16.2 Å². The molecular formula is C23H30N2O6. The second-order valence-electron chi connectivity index (χ2n) is 7.27. The summed E-state index contributed by atoms with van der Waals surface area (Å²) >= 11 is 0. The van der Waals surface area contributed by atoms with E-state index in [0.29, 0.717) is 29.6 Å². The Hall–Kier alpha value is -3.16. The molecule has 8 heteroatoms. The van der Waals surface area contributed by atoms with Crippen LogP contribution in [-0.2, 0) is 11.3 Å². The van der Waals surface area contributed by atoms with Gasteiger partial charge in [-0.25, -0.2) is 0 Å². The summed E-state index contributed by atoms with van der Waals surface area (Å²) in [6.45, 7) is 6.39. The molecule has 0 amide bonds. The number of aromatic nitrogens is 1. The number of nitro groups is 1. The zero-order chi connectivity index (χ0) is 22.8. The average Bonchev–Trinajstić information content (AvgIpc) is 2.77. The Morgan fingerprint density at radius 2 is 1.84 bits per heavy atom. The first-order chi connectivity index (χ1) is 15.0. The molecule has 0 spiro atoms. The van der Waals surface area contributed by atoms with Crippen molar-refractivity contribution < 1.29 is 19.2 Å². The molecule has 8 nitrogen and oxygen atoms in total. The van der Waals surface area contributed by atoms with Crippen molar-refractivity contribution in [3.63, 3.8) is 0 Å². The summed E-state index contributed by atoms with van der Waals surface area (Å²) in [5.41, 5.74) is -0.289. The number of rotatable bonds is 13. The van der Waals surface area contributed by atoms with E-state index in [0.717, 1.165) is 32.1 Å². The van der Waals surface area contributed by atoms with Crippen LogP contribution in [0.2, 0.25) is 0 Å². The van der Waals surface area contributed by atoms with E-state index in [9.17, 15) is 19.7 Å². The second kappa shape index (κ2) is 11.9. The van der Waals surface area contributed by atoms with Crippen molar-refractivity contribution in [2.75, 3.05) is 0 Å². The fourth-order valence-corrected chi connectivity index (χ4v) is 3.49.